The summed E-state index contributed by atoms with van der Waals surface area (Å²) in [6.45, 7) is 2.39. The van der Waals surface area contributed by atoms with E-state index >= 15 is 0 Å². The highest BCUT2D eigenvalue weighted by atomic mass is 35.5. The molecule has 0 radical (unpaired) electrons. The summed E-state index contributed by atoms with van der Waals surface area (Å²) >= 11 is 7.29. The lowest BCUT2D eigenvalue weighted by atomic mass is 10.2. The summed E-state index contributed by atoms with van der Waals surface area (Å²) in [5, 5.41) is 2.57. The second-order valence-electron chi connectivity index (χ2n) is 2.80. The number of hydrogen-bond acceptors (Lipinski definition) is 2. The minimum Gasteiger partial charge on any atom is -0.492 e. The van der Waals surface area contributed by atoms with Gasteiger partial charge in [0, 0.05) is 15.5 Å². The molecule has 0 spiro atoms. The first-order valence-electron chi connectivity index (χ1n) is 4.21. The van der Waals surface area contributed by atoms with Crippen molar-refractivity contribution in [2.24, 2.45) is 0 Å². The standard InChI is InChI=1S/C10H8ClFOS/c1-2-13-9-3-6-8(12)5-14-10(6)4-7(9)11/h3-5H,2H2,1H3. The number of ether oxygens (including phenoxy) is 1. The van der Waals surface area contributed by atoms with Crippen molar-refractivity contribution >= 4 is 33.0 Å². The molecule has 0 aliphatic rings. The third-order valence-electron chi connectivity index (χ3n) is 1.88. The van der Waals surface area contributed by atoms with Crippen LogP contribution in [0, 0.1) is 5.82 Å². The number of benzene rings is 1. The van der Waals surface area contributed by atoms with Crippen molar-refractivity contribution in [3.8, 4) is 5.75 Å². The van der Waals surface area contributed by atoms with Gasteiger partial charge in [0.15, 0.2) is 0 Å². The molecule has 0 N–H and O–H groups in total. The Morgan fingerprint density at radius 2 is 2.29 bits per heavy atom. The van der Waals surface area contributed by atoms with Gasteiger partial charge in [0.25, 0.3) is 0 Å². The molecule has 2 rings (SSSR count). The number of hydrogen-bond donors (Lipinski definition) is 0. The van der Waals surface area contributed by atoms with Crippen LogP contribution in [0.2, 0.25) is 5.02 Å². The zero-order chi connectivity index (χ0) is 10.1. The Morgan fingerprint density at radius 1 is 1.50 bits per heavy atom. The van der Waals surface area contributed by atoms with E-state index in [4.69, 9.17) is 16.3 Å². The minimum atomic E-state index is -0.220. The van der Waals surface area contributed by atoms with Crippen molar-refractivity contribution in [3.63, 3.8) is 0 Å². The summed E-state index contributed by atoms with van der Waals surface area (Å²) in [6.07, 6.45) is 0. The Morgan fingerprint density at radius 3 is 3.00 bits per heavy atom. The second kappa shape index (κ2) is 3.75. The Hall–Kier alpha value is -0.800. The molecule has 1 aromatic carbocycles. The molecule has 2 aromatic rings. The maximum atomic E-state index is 13.2. The van der Waals surface area contributed by atoms with E-state index in [2.05, 4.69) is 0 Å². The first-order valence-corrected chi connectivity index (χ1v) is 5.47. The fourth-order valence-electron chi connectivity index (χ4n) is 1.26. The first kappa shape index (κ1) is 9.74. The molecule has 14 heavy (non-hydrogen) atoms. The largest absolute Gasteiger partial charge is 0.492 e. The van der Waals surface area contributed by atoms with E-state index in [0.717, 1.165) is 4.70 Å². The Kier molecular flexibility index (Phi) is 2.61. The van der Waals surface area contributed by atoms with Crippen LogP contribution in [0.5, 0.6) is 5.75 Å². The van der Waals surface area contributed by atoms with Crippen molar-refractivity contribution in [3.05, 3.63) is 28.4 Å². The van der Waals surface area contributed by atoms with Gasteiger partial charge in [-0.1, -0.05) is 11.6 Å². The van der Waals surface area contributed by atoms with Crippen molar-refractivity contribution in [1.82, 2.24) is 0 Å². The van der Waals surface area contributed by atoms with E-state index in [1.54, 1.807) is 12.1 Å². The predicted octanol–water partition coefficient (Wildman–Crippen LogP) is 4.09. The molecule has 0 atom stereocenters. The van der Waals surface area contributed by atoms with Gasteiger partial charge in [-0.05, 0) is 19.1 Å². The fourth-order valence-corrected chi connectivity index (χ4v) is 2.37. The molecule has 1 heterocycles. The Bertz CT molecular complexity index is 466. The smallest absolute Gasteiger partial charge is 0.141 e. The Balaban J connectivity index is 2.61. The van der Waals surface area contributed by atoms with E-state index in [1.165, 1.54) is 16.7 Å². The molecular weight excluding hydrogens is 223 g/mol. The summed E-state index contributed by atoms with van der Waals surface area (Å²) in [5.74, 6) is 0.321. The van der Waals surface area contributed by atoms with Crippen LogP contribution in [0.15, 0.2) is 17.5 Å². The molecule has 4 heteroatoms. The van der Waals surface area contributed by atoms with Crippen LogP contribution >= 0.6 is 22.9 Å². The zero-order valence-electron chi connectivity index (χ0n) is 7.51. The van der Waals surface area contributed by atoms with Gasteiger partial charge in [-0.3, -0.25) is 0 Å². The zero-order valence-corrected chi connectivity index (χ0v) is 9.08. The van der Waals surface area contributed by atoms with Crippen LogP contribution in [0.25, 0.3) is 10.1 Å². The molecule has 74 valence electrons. The molecule has 1 nitrogen and oxygen atoms in total. The van der Waals surface area contributed by atoms with Gasteiger partial charge in [-0.25, -0.2) is 4.39 Å². The average molecular weight is 231 g/mol. The van der Waals surface area contributed by atoms with Crippen LogP contribution in [0.4, 0.5) is 4.39 Å². The summed E-state index contributed by atoms with van der Waals surface area (Å²) < 4.78 is 19.3. The number of rotatable bonds is 2. The Labute approximate surface area is 90.1 Å². The summed E-state index contributed by atoms with van der Waals surface area (Å²) in [6, 6.07) is 3.38. The summed E-state index contributed by atoms with van der Waals surface area (Å²) in [5.41, 5.74) is 0. The third-order valence-corrected chi connectivity index (χ3v) is 3.09. The number of fused-ring (bicyclic) bond motifs is 1. The number of thiophene rings is 1. The van der Waals surface area contributed by atoms with E-state index in [0.29, 0.717) is 22.8 Å². The topological polar surface area (TPSA) is 9.23 Å². The van der Waals surface area contributed by atoms with Gasteiger partial charge >= 0.3 is 0 Å². The van der Waals surface area contributed by atoms with Gasteiger partial charge in [0.05, 0.1) is 11.6 Å². The van der Waals surface area contributed by atoms with Gasteiger partial charge in [-0.2, -0.15) is 0 Å². The molecule has 0 fully saturated rings. The molecule has 1 aromatic heterocycles. The normalized spacial score (nSPS) is 10.8. The summed E-state index contributed by atoms with van der Waals surface area (Å²) in [7, 11) is 0. The maximum absolute atomic E-state index is 13.2. The molecular formula is C10H8ClFOS. The van der Waals surface area contributed by atoms with Crippen molar-refractivity contribution < 1.29 is 9.13 Å². The lowest BCUT2D eigenvalue weighted by Gasteiger charge is -2.05. The first-order chi connectivity index (χ1) is 6.72. The highest BCUT2D eigenvalue weighted by Gasteiger charge is 2.08. The van der Waals surface area contributed by atoms with Crippen LogP contribution in [-0.2, 0) is 0 Å². The SMILES string of the molecule is CCOc1cc2c(F)csc2cc1Cl. The molecule has 0 aliphatic carbocycles. The molecule has 0 unspecified atom stereocenters. The fraction of sp³-hybridized carbons (Fsp3) is 0.200. The van der Waals surface area contributed by atoms with Gasteiger partial charge in [0.2, 0.25) is 0 Å². The predicted molar refractivity (Wildman–Crippen MR) is 58.0 cm³/mol. The van der Waals surface area contributed by atoms with Crippen LogP contribution < -0.4 is 4.74 Å². The van der Waals surface area contributed by atoms with Crippen LogP contribution in [0.3, 0.4) is 0 Å². The highest BCUT2D eigenvalue weighted by Crippen LogP contribution is 2.34. The van der Waals surface area contributed by atoms with Gasteiger partial charge in [0.1, 0.15) is 11.6 Å². The maximum Gasteiger partial charge on any atom is 0.141 e. The summed E-state index contributed by atoms with van der Waals surface area (Å²) in [4.78, 5) is 0. The van der Waals surface area contributed by atoms with E-state index < -0.39 is 0 Å². The molecule has 0 amide bonds. The van der Waals surface area contributed by atoms with Gasteiger partial charge < -0.3 is 4.74 Å². The second-order valence-corrected chi connectivity index (χ2v) is 4.11. The third kappa shape index (κ3) is 1.57. The highest BCUT2D eigenvalue weighted by molar-refractivity contribution is 7.17. The van der Waals surface area contributed by atoms with Crippen LogP contribution in [-0.4, -0.2) is 6.61 Å². The van der Waals surface area contributed by atoms with E-state index in [1.807, 2.05) is 6.92 Å². The van der Waals surface area contributed by atoms with Crippen molar-refractivity contribution in [2.45, 2.75) is 6.92 Å². The lowest BCUT2D eigenvalue weighted by Crippen LogP contribution is -1.91. The van der Waals surface area contributed by atoms with Crippen molar-refractivity contribution in [1.29, 1.82) is 0 Å². The molecule has 0 bridgehead atoms. The molecule has 0 saturated carbocycles. The quantitative estimate of drug-likeness (QED) is 0.755. The molecule has 0 aliphatic heterocycles. The molecule has 0 saturated heterocycles. The lowest BCUT2D eigenvalue weighted by molar-refractivity contribution is 0.341. The van der Waals surface area contributed by atoms with Crippen LogP contribution in [0.1, 0.15) is 6.92 Å². The van der Waals surface area contributed by atoms with Gasteiger partial charge in [-0.15, -0.1) is 11.3 Å². The monoisotopic (exact) mass is 230 g/mol. The number of halogens is 2. The van der Waals surface area contributed by atoms with E-state index in [-0.39, 0.29) is 5.82 Å². The minimum absolute atomic E-state index is 0.220. The van der Waals surface area contributed by atoms with E-state index in [9.17, 15) is 4.39 Å². The average Bonchev–Trinajstić information content (AvgIpc) is 2.49. The van der Waals surface area contributed by atoms with Crippen molar-refractivity contribution in [2.75, 3.05) is 6.61 Å².